The number of guanidine groups is 1. The lowest BCUT2D eigenvalue weighted by Crippen LogP contribution is -2.53. The number of nitrogens with one attached hydrogen (secondary N) is 1. The molecule has 0 aliphatic carbocycles. The molecule has 0 unspecified atom stereocenters. The second-order valence-corrected chi connectivity index (χ2v) is 6.24. The number of aromatic nitrogens is 2. The molecule has 1 amide bonds. The third-order valence-corrected chi connectivity index (χ3v) is 4.37. The summed E-state index contributed by atoms with van der Waals surface area (Å²) in [6, 6.07) is 3.29. The molecule has 0 spiro atoms. The van der Waals surface area contributed by atoms with E-state index >= 15 is 0 Å². The van der Waals surface area contributed by atoms with E-state index in [1.807, 2.05) is 4.90 Å². The van der Waals surface area contributed by atoms with Crippen molar-refractivity contribution in [2.24, 2.45) is 4.99 Å². The Morgan fingerprint density at radius 3 is 2.61 bits per heavy atom. The molecule has 0 radical (unpaired) electrons. The van der Waals surface area contributed by atoms with Crippen molar-refractivity contribution in [3.05, 3.63) is 42.4 Å². The van der Waals surface area contributed by atoms with Gasteiger partial charge in [0.2, 0.25) is 0 Å². The third-order valence-electron chi connectivity index (χ3n) is 4.37. The molecule has 152 valence electrons. The molecule has 0 bridgehead atoms. The Balaban J connectivity index is 1.53. The van der Waals surface area contributed by atoms with Gasteiger partial charge in [-0.1, -0.05) is 0 Å². The van der Waals surface area contributed by atoms with Crippen LogP contribution in [0.4, 0.5) is 13.2 Å². The number of aliphatic imine (C=N–C) groups is 1. The number of rotatable bonds is 4. The number of carbonyl (C=O) groups is 1. The number of furan rings is 1. The van der Waals surface area contributed by atoms with Crippen LogP contribution >= 0.6 is 0 Å². The predicted molar refractivity (Wildman–Crippen MR) is 94.7 cm³/mol. The van der Waals surface area contributed by atoms with Crippen LogP contribution in [-0.4, -0.2) is 70.6 Å². The predicted octanol–water partition coefficient (Wildman–Crippen LogP) is 1.57. The van der Waals surface area contributed by atoms with Crippen LogP contribution in [0.15, 0.2) is 40.2 Å². The average Bonchev–Trinajstić information content (AvgIpc) is 3.33. The zero-order chi connectivity index (χ0) is 20.1. The standard InChI is InChI=1S/C17H21F3N6O2/c1-21-16(23-11-14-22-4-5-26(14)12-17(18,19)20)25-8-6-24(7-9-25)15(27)13-3-2-10-28-13/h2-5,10H,6-9,11-12H2,1H3,(H,21,23). The fraction of sp³-hybridized carbons (Fsp3) is 0.471. The maximum atomic E-state index is 12.6. The quantitative estimate of drug-likeness (QED) is 0.625. The largest absolute Gasteiger partial charge is 0.459 e. The van der Waals surface area contributed by atoms with Gasteiger partial charge in [0.15, 0.2) is 11.7 Å². The van der Waals surface area contributed by atoms with Crippen molar-refractivity contribution < 1.29 is 22.4 Å². The zero-order valence-electron chi connectivity index (χ0n) is 15.3. The lowest BCUT2D eigenvalue weighted by atomic mass is 10.3. The summed E-state index contributed by atoms with van der Waals surface area (Å²) >= 11 is 0. The molecule has 1 saturated heterocycles. The second kappa shape index (κ2) is 8.36. The van der Waals surface area contributed by atoms with Gasteiger partial charge in [0.25, 0.3) is 5.91 Å². The summed E-state index contributed by atoms with van der Waals surface area (Å²) in [4.78, 5) is 24.1. The van der Waals surface area contributed by atoms with Crippen molar-refractivity contribution in [2.75, 3.05) is 33.2 Å². The molecule has 1 fully saturated rings. The Morgan fingerprint density at radius 1 is 1.29 bits per heavy atom. The van der Waals surface area contributed by atoms with E-state index in [1.54, 1.807) is 24.1 Å². The molecule has 28 heavy (non-hydrogen) atoms. The van der Waals surface area contributed by atoms with Gasteiger partial charge in [-0.05, 0) is 12.1 Å². The van der Waals surface area contributed by atoms with Crippen molar-refractivity contribution in [3.8, 4) is 0 Å². The molecule has 1 aliphatic heterocycles. The highest BCUT2D eigenvalue weighted by molar-refractivity contribution is 5.91. The smallest absolute Gasteiger partial charge is 0.406 e. The number of nitrogens with zero attached hydrogens (tertiary/aromatic N) is 5. The van der Waals surface area contributed by atoms with Crippen LogP contribution < -0.4 is 5.32 Å². The van der Waals surface area contributed by atoms with Gasteiger partial charge in [-0.3, -0.25) is 9.79 Å². The van der Waals surface area contributed by atoms with Crippen LogP contribution in [0.25, 0.3) is 0 Å². The maximum Gasteiger partial charge on any atom is 0.406 e. The Hall–Kier alpha value is -2.98. The van der Waals surface area contributed by atoms with Gasteiger partial charge in [0, 0.05) is 45.6 Å². The summed E-state index contributed by atoms with van der Waals surface area (Å²) < 4.78 is 44.1. The first-order chi connectivity index (χ1) is 13.4. The molecule has 0 saturated carbocycles. The number of halogens is 3. The minimum absolute atomic E-state index is 0.112. The van der Waals surface area contributed by atoms with Crippen LogP contribution in [0.2, 0.25) is 0 Å². The highest BCUT2D eigenvalue weighted by Gasteiger charge is 2.29. The first-order valence-electron chi connectivity index (χ1n) is 8.72. The summed E-state index contributed by atoms with van der Waals surface area (Å²) in [6.07, 6.45) is -0.220. The van der Waals surface area contributed by atoms with E-state index in [0.29, 0.717) is 37.9 Å². The van der Waals surface area contributed by atoms with Gasteiger partial charge in [0.05, 0.1) is 12.8 Å². The van der Waals surface area contributed by atoms with Gasteiger partial charge in [-0.2, -0.15) is 13.2 Å². The van der Waals surface area contributed by atoms with E-state index in [-0.39, 0.29) is 18.3 Å². The highest BCUT2D eigenvalue weighted by Crippen LogP contribution is 2.18. The molecule has 1 aliphatic rings. The maximum absolute atomic E-state index is 12.6. The average molecular weight is 398 g/mol. The highest BCUT2D eigenvalue weighted by atomic mass is 19.4. The van der Waals surface area contributed by atoms with Crippen molar-refractivity contribution in [3.63, 3.8) is 0 Å². The van der Waals surface area contributed by atoms with Crippen LogP contribution in [-0.2, 0) is 13.1 Å². The zero-order valence-corrected chi connectivity index (χ0v) is 15.3. The molecule has 1 N–H and O–H groups in total. The van der Waals surface area contributed by atoms with E-state index in [1.165, 1.54) is 18.7 Å². The lowest BCUT2D eigenvalue weighted by molar-refractivity contribution is -0.141. The Labute approximate surface area is 159 Å². The topological polar surface area (TPSA) is 78.9 Å². The monoisotopic (exact) mass is 398 g/mol. The van der Waals surface area contributed by atoms with Gasteiger partial charge in [0.1, 0.15) is 12.4 Å². The number of hydrogen-bond donors (Lipinski definition) is 1. The SMILES string of the molecule is CN=C(NCc1nccn1CC(F)(F)F)N1CCN(C(=O)c2ccco2)CC1. The van der Waals surface area contributed by atoms with Crippen LogP contribution in [0.3, 0.4) is 0 Å². The number of alkyl halides is 3. The number of amides is 1. The second-order valence-electron chi connectivity index (χ2n) is 6.24. The number of imidazole rings is 1. The molecule has 0 aromatic carbocycles. The Morgan fingerprint density at radius 2 is 2.00 bits per heavy atom. The first kappa shape index (κ1) is 19.8. The summed E-state index contributed by atoms with van der Waals surface area (Å²) in [5.74, 6) is 0.950. The van der Waals surface area contributed by atoms with Crippen LogP contribution in [0.1, 0.15) is 16.4 Å². The lowest BCUT2D eigenvalue weighted by Gasteiger charge is -2.36. The molecule has 2 aromatic rings. The van der Waals surface area contributed by atoms with Crippen molar-refractivity contribution in [1.29, 1.82) is 0 Å². The summed E-state index contributed by atoms with van der Waals surface area (Å²) in [5, 5.41) is 3.04. The van der Waals surface area contributed by atoms with Crippen LogP contribution in [0.5, 0.6) is 0 Å². The molecule has 2 aromatic heterocycles. The van der Waals surface area contributed by atoms with Crippen molar-refractivity contribution in [1.82, 2.24) is 24.7 Å². The number of piperazine rings is 1. The van der Waals surface area contributed by atoms with Crippen molar-refractivity contribution >= 4 is 11.9 Å². The summed E-state index contributed by atoms with van der Waals surface area (Å²) in [7, 11) is 1.60. The van der Waals surface area contributed by atoms with E-state index in [4.69, 9.17) is 4.42 Å². The number of hydrogen-bond acceptors (Lipinski definition) is 4. The van der Waals surface area contributed by atoms with E-state index in [0.717, 1.165) is 4.57 Å². The van der Waals surface area contributed by atoms with Gasteiger partial charge < -0.3 is 24.1 Å². The van der Waals surface area contributed by atoms with Gasteiger partial charge in [-0.25, -0.2) is 4.98 Å². The molecular weight excluding hydrogens is 377 g/mol. The van der Waals surface area contributed by atoms with Gasteiger partial charge >= 0.3 is 6.18 Å². The fourth-order valence-corrected chi connectivity index (χ4v) is 3.01. The number of carbonyl (C=O) groups excluding carboxylic acids is 1. The molecule has 3 rings (SSSR count). The third kappa shape index (κ3) is 4.84. The summed E-state index contributed by atoms with van der Waals surface area (Å²) in [6.45, 7) is 1.09. The minimum Gasteiger partial charge on any atom is -0.459 e. The van der Waals surface area contributed by atoms with Crippen LogP contribution in [0, 0.1) is 0 Å². The van der Waals surface area contributed by atoms with E-state index < -0.39 is 12.7 Å². The normalized spacial score (nSPS) is 15.8. The molecule has 8 nitrogen and oxygen atoms in total. The molecule has 11 heteroatoms. The molecule has 3 heterocycles. The summed E-state index contributed by atoms with van der Waals surface area (Å²) in [5.41, 5.74) is 0. The van der Waals surface area contributed by atoms with Crippen molar-refractivity contribution in [2.45, 2.75) is 19.3 Å². The Kier molecular flexibility index (Phi) is 5.90. The molecule has 0 atom stereocenters. The Bertz CT molecular complexity index is 807. The van der Waals surface area contributed by atoms with E-state index in [2.05, 4.69) is 15.3 Å². The molecular formula is C17H21F3N6O2. The van der Waals surface area contributed by atoms with Gasteiger partial charge in [-0.15, -0.1) is 0 Å². The van der Waals surface area contributed by atoms with E-state index in [9.17, 15) is 18.0 Å². The fourth-order valence-electron chi connectivity index (χ4n) is 3.01. The minimum atomic E-state index is -4.31. The first-order valence-corrected chi connectivity index (χ1v) is 8.72.